The van der Waals surface area contributed by atoms with Crippen molar-refractivity contribution in [1.29, 1.82) is 0 Å². The number of thioether (sulfide) groups is 1. The van der Waals surface area contributed by atoms with E-state index in [-0.39, 0.29) is 25.2 Å². The second-order valence-corrected chi connectivity index (χ2v) is 11.0. The molecule has 0 aliphatic carbocycles. The van der Waals surface area contributed by atoms with Crippen LogP contribution < -0.4 is 4.90 Å². The lowest BCUT2D eigenvalue weighted by atomic mass is 9.93. The van der Waals surface area contributed by atoms with Crippen molar-refractivity contribution in [1.82, 2.24) is 14.7 Å². The summed E-state index contributed by atoms with van der Waals surface area (Å²) in [6.45, 7) is 1.39. The molecule has 2 aliphatic rings. The van der Waals surface area contributed by atoms with Crippen molar-refractivity contribution in [3.8, 4) is 0 Å². The van der Waals surface area contributed by atoms with E-state index >= 15 is 0 Å². The first kappa shape index (κ1) is 29.8. The zero-order valence-electron chi connectivity index (χ0n) is 21.6. The van der Waals surface area contributed by atoms with Gasteiger partial charge in [0.05, 0.1) is 17.2 Å². The van der Waals surface area contributed by atoms with Crippen LogP contribution in [0.25, 0.3) is 0 Å². The minimum Gasteiger partial charge on any atom is -0.323 e. The number of likely N-dealkylation sites (tertiary alicyclic amines) is 1. The van der Waals surface area contributed by atoms with Gasteiger partial charge in [-0.3, -0.25) is 4.90 Å². The Morgan fingerprint density at radius 3 is 1.93 bits per heavy atom. The summed E-state index contributed by atoms with van der Waals surface area (Å²) >= 11 is 1.73. The molecule has 2 unspecified atom stereocenters. The molecule has 6 nitrogen and oxygen atoms in total. The SMILES string of the molecule is CN(C(=O)N(C)C1CN(C(=O)N2CCSCC2)CC1c1ccc(F)cc1)c1cc(C(F)(F)F)cc(C(F)(F)F)c1. The van der Waals surface area contributed by atoms with Crippen molar-refractivity contribution >= 4 is 29.5 Å². The maximum absolute atomic E-state index is 13.6. The van der Waals surface area contributed by atoms with Gasteiger partial charge in [-0.25, -0.2) is 14.0 Å². The fraction of sp³-hybridized carbons (Fsp3) is 0.462. The number of urea groups is 2. The predicted octanol–water partition coefficient (Wildman–Crippen LogP) is 5.99. The van der Waals surface area contributed by atoms with Gasteiger partial charge in [-0.15, -0.1) is 0 Å². The van der Waals surface area contributed by atoms with Crippen LogP contribution in [0.1, 0.15) is 22.6 Å². The molecule has 2 aromatic carbocycles. The molecule has 40 heavy (non-hydrogen) atoms. The van der Waals surface area contributed by atoms with E-state index in [1.54, 1.807) is 21.6 Å². The zero-order valence-corrected chi connectivity index (χ0v) is 22.4. The molecule has 4 amide bonds. The summed E-state index contributed by atoms with van der Waals surface area (Å²) in [5.74, 6) is 0.610. The first-order chi connectivity index (χ1) is 18.7. The molecule has 14 heteroatoms. The Morgan fingerprint density at radius 1 is 0.850 bits per heavy atom. The van der Waals surface area contributed by atoms with E-state index in [1.807, 2.05) is 0 Å². The van der Waals surface area contributed by atoms with Gasteiger partial charge in [0, 0.05) is 63.4 Å². The number of carbonyl (C=O) groups excluding carboxylic acids is 2. The third-order valence-corrected chi connectivity index (χ3v) is 8.13. The van der Waals surface area contributed by atoms with Crippen LogP contribution in [0.2, 0.25) is 0 Å². The van der Waals surface area contributed by atoms with Crippen LogP contribution in [0.15, 0.2) is 42.5 Å². The zero-order chi connectivity index (χ0) is 29.4. The molecule has 0 bridgehead atoms. The van der Waals surface area contributed by atoms with E-state index < -0.39 is 53.0 Å². The molecule has 2 aliphatic heterocycles. The van der Waals surface area contributed by atoms with Gasteiger partial charge in [0.25, 0.3) is 0 Å². The molecular formula is C26H27F7N4O2S. The smallest absolute Gasteiger partial charge is 0.323 e. The molecule has 4 rings (SSSR count). The summed E-state index contributed by atoms with van der Waals surface area (Å²) in [6, 6.07) is 4.74. The molecule has 218 valence electrons. The second-order valence-electron chi connectivity index (χ2n) is 9.73. The lowest BCUT2D eigenvalue weighted by Gasteiger charge is -2.33. The number of hydrogen-bond acceptors (Lipinski definition) is 3. The molecule has 2 heterocycles. The molecule has 0 saturated carbocycles. The van der Waals surface area contributed by atoms with E-state index in [9.17, 15) is 40.3 Å². The van der Waals surface area contributed by atoms with Crippen molar-refractivity contribution in [3.05, 3.63) is 65.0 Å². The van der Waals surface area contributed by atoms with Gasteiger partial charge in [-0.05, 0) is 35.9 Å². The molecule has 2 saturated heterocycles. The van der Waals surface area contributed by atoms with Crippen molar-refractivity contribution < 1.29 is 40.3 Å². The predicted molar refractivity (Wildman–Crippen MR) is 137 cm³/mol. The highest BCUT2D eigenvalue weighted by Gasteiger charge is 2.43. The lowest BCUT2D eigenvalue weighted by Crippen LogP contribution is -2.49. The largest absolute Gasteiger partial charge is 0.416 e. The summed E-state index contributed by atoms with van der Waals surface area (Å²) in [5, 5.41) is 0. The van der Waals surface area contributed by atoms with E-state index in [2.05, 4.69) is 0 Å². The number of alkyl halides is 6. The summed E-state index contributed by atoms with van der Waals surface area (Å²) in [7, 11) is 2.47. The molecule has 2 aromatic rings. The highest BCUT2D eigenvalue weighted by atomic mass is 32.2. The standard InChI is InChI=1S/C26H27F7N4O2S/c1-34(20-12-17(25(28,29)30)11-18(13-20)26(31,32)33)23(38)35(2)22-15-37(24(39)36-7-9-40-10-8-36)14-21(22)16-3-5-19(27)6-4-16/h3-6,11-13,21-22H,7-10,14-15H2,1-2H3. The number of benzene rings is 2. The van der Waals surface area contributed by atoms with Crippen molar-refractivity contribution in [2.24, 2.45) is 0 Å². The van der Waals surface area contributed by atoms with E-state index in [0.717, 1.165) is 23.5 Å². The van der Waals surface area contributed by atoms with Crippen molar-refractivity contribution in [3.63, 3.8) is 0 Å². The van der Waals surface area contributed by atoms with Gasteiger partial charge in [-0.1, -0.05) is 12.1 Å². The Balaban J connectivity index is 1.63. The number of rotatable bonds is 3. The van der Waals surface area contributed by atoms with Gasteiger partial charge < -0.3 is 14.7 Å². The van der Waals surface area contributed by atoms with Gasteiger partial charge in [0.2, 0.25) is 0 Å². The molecule has 0 aromatic heterocycles. The third-order valence-electron chi connectivity index (χ3n) is 7.19. The Morgan fingerprint density at radius 2 is 1.40 bits per heavy atom. The minimum absolute atomic E-state index is 0.00431. The average molecular weight is 593 g/mol. The molecular weight excluding hydrogens is 565 g/mol. The van der Waals surface area contributed by atoms with E-state index in [0.29, 0.717) is 30.8 Å². The summed E-state index contributed by atoms with van der Waals surface area (Å²) < 4.78 is 94.0. The van der Waals surface area contributed by atoms with Crippen molar-refractivity contribution in [2.45, 2.75) is 24.3 Å². The van der Waals surface area contributed by atoms with E-state index in [4.69, 9.17) is 0 Å². The van der Waals surface area contributed by atoms with Crippen LogP contribution in [0.3, 0.4) is 0 Å². The van der Waals surface area contributed by atoms with E-state index in [1.165, 1.54) is 36.2 Å². The fourth-order valence-corrected chi connectivity index (χ4v) is 5.85. The summed E-state index contributed by atoms with van der Waals surface area (Å²) in [4.78, 5) is 31.9. The van der Waals surface area contributed by atoms with Crippen LogP contribution >= 0.6 is 11.8 Å². The maximum atomic E-state index is 13.6. The molecule has 0 radical (unpaired) electrons. The van der Waals surface area contributed by atoms with Gasteiger partial charge in [-0.2, -0.15) is 38.1 Å². The van der Waals surface area contributed by atoms with Crippen LogP contribution in [0, 0.1) is 5.82 Å². The van der Waals surface area contributed by atoms with Crippen LogP contribution in [-0.4, -0.2) is 84.6 Å². The number of anilines is 1. The number of amides is 4. The van der Waals surface area contributed by atoms with Gasteiger partial charge in [0.15, 0.2) is 0 Å². The average Bonchev–Trinajstić information content (AvgIpc) is 3.36. The summed E-state index contributed by atoms with van der Waals surface area (Å²) in [5.41, 5.74) is -3.03. The number of nitrogens with zero attached hydrogens (tertiary/aromatic N) is 4. The highest BCUT2D eigenvalue weighted by Crippen LogP contribution is 2.39. The first-order valence-electron chi connectivity index (χ1n) is 12.3. The number of likely N-dealkylation sites (N-methyl/N-ethyl adjacent to an activating group) is 1. The first-order valence-corrected chi connectivity index (χ1v) is 13.5. The van der Waals surface area contributed by atoms with Gasteiger partial charge in [0.1, 0.15) is 5.82 Å². The Bertz CT molecular complexity index is 1200. The minimum atomic E-state index is -5.07. The fourth-order valence-electron chi connectivity index (χ4n) is 4.95. The van der Waals surface area contributed by atoms with Crippen LogP contribution in [0.4, 0.5) is 46.0 Å². The second kappa shape index (κ2) is 11.4. The van der Waals surface area contributed by atoms with Crippen molar-refractivity contribution in [2.75, 3.05) is 56.7 Å². The Kier molecular flexibility index (Phi) is 8.48. The van der Waals surface area contributed by atoms with Crippen LogP contribution in [-0.2, 0) is 12.4 Å². The Labute approximate surface area is 230 Å². The normalized spacial score (nSPS) is 20.0. The topological polar surface area (TPSA) is 47.1 Å². The highest BCUT2D eigenvalue weighted by molar-refractivity contribution is 7.99. The lowest BCUT2D eigenvalue weighted by molar-refractivity contribution is -0.143. The number of halogens is 7. The monoisotopic (exact) mass is 592 g/mol. The Hall–Kier alpha value is -3.16. The quantitative estimate of drug-likeness (QED) is 0.412. The van der Waals surface area contributed by atoms with Crippen LogP contribution in [0.5, 0.6) is 0 Å². The van der Waals surface area contributed by atoms with Gasteiger partial charge >= 0.3 is 24.4 Å². The number of hydrogen-bond donors (Lipinski definition) is 0. The molecule has 2 atom stereocenters. The summed E-state index contributed by atoms with van der Waals surface area (Å²) in [6.07, 6.45) is -10.1. The third kappa shape index (κ3) is 6.42. The molecule has 2 fully saturated rings. The molecule has 0 spiro atoms. The number of carbonyl (C=O) groups is 2. The maximum Gasteiger partial charge on any atom is 0.416 e. The molecule has 0 N–H and O–H groups in total.